The number of aromatic nitrogens is 2. The van der Waals surface area contributed by atoms with Crippen LogP contribution in [0.5, 0.6) is 0 Å². The molecule has 0 saturated carbocycles. The summed E-state index contributed by atoms with van der Waals surface area (Å²) in [5.41, 5.74) is 1.57. The molecule has 2 atom stereocenters. The first-order chi connectivity index (χ1) is 11.1. The summed E-state index contributed by atoms with van der Waals surface area (Å²) in [5.74, 6) is 1.02. The molecule has 5 heteroatoms. The molecule has 2 aliphatic heterocycles. The third-order valence-electron chi connectivity index (χ3n) is 5.52. The van der Waals surface area contributed by atoms with Crippen molar-refractivity contribution in [2.75, 3.05) is 26.7 Å². The van der Waals surface area contributed by atoms with Crippen molar-refractivity contribution >= 4 is 5.91 Å². The lowest BCUT2D eigenvalue weighted by Crippen LogP contribution is -2.51. The minimum Gasteiger partial charge on any atom is -0.340 e. The number of piperidine rings is 2. The molecular formula is C18H30N4O. The number of nitrogens with one attached hydrogen (secondary N) is 1. The Bertz CT molecular complexity index is 537. The summed E-state index contributed by atoms with van der Waals surface area (Å²) >= 11 is 0. The first-order valence-corrected chi connectivity index (χ1v) is 9.11. The van der Waals surface area contributed by atoms with Crippen LogP contribution in [0.15, 0.2) is 6.07 Å². The van der Waals surface area contributed by atoms with Crippen molar-refractivity contribution in [3.05, 3.63) is 17.5 Å². The summed E-state index contributed by atoms with van der Waals surface area (Å²) in [5, 5.41) is 7.19. The average Bonchev–Trinajstić information content (AvgIpc) is 3.04. The van der Waals surface area contributed by atoms with Gasteiger partial charge in [0.15, 0.2) is 0 Å². The Balaban J connectivity index is 1.63. The lowest BCUT2D eigenvalue weighted by atomic mass is 9.83. The molecule has 0 bridgehead atoms. The molecule has 0 radical (unpaired) electrons. The molecule has 1 aromatic rings. The monoisotopic (exact) mass is 318 g/mol. The summed E-state index contributed by atoms with van der Waals surface area (Å²) in [7, 11) is 1.92. The lowest BCUT2D eigenvalue weighted by molar-refractivity contribution is 0.0401. The van der Waals surface area contributed by atoms with Gasteiger partial charge >= 0.3 is 0 Å². The van der Waals surface area contributed by atoms with Crippen molar-refractivity contribution in [1.29, 1.82) is 0 Å². The Morgan fingerprint density at radius 2 is 2.13 bits per heavy atom. The predicted octanol–water partition coefficient (Wildman–Crippen LogP) is 2.87. The Kier molecular flexibility index (Phi) is 5.05. The lowest BCUT2D eigenvalue weighted by Gasteiger charge is -2.45. The van der Waals surface area contributed by atoms with Crippen molar-refractivity contribution in [2.24, 2.45) is 5.92 Å². The molecule has 2 fully saturated rings. The Morgan fingerprint density at radius 1 is 1.35 bits per heavy atom. The third-order valence-corrected chi connectivity index (χ3v) is 5.52. The summed E-state index contributed by atoms with van der Waals surface area (Å²) in [6.07, 6.45) is 6.49. The zero-order valence-electron chi connectivity index (χ0n) is 14.7. The second-order valence-corrected chi connectivity index (χ2v) is 7.55. The highest BCUT2D eigenvalue weighted by Crippen LogP contribution is 2.31. The summed E-state index contributed by atoms with van der Waals surface area (Å²) in [6.45, 7) is 7.55. The number of carbonyl (C=O) groups excluding carboxylic acids is 1. The molecule has 3 heterocycles. The van der Waals surface area contributed by atoms with Gasteiger partial charge in [0.1, 0.15) is 5.69 Å². The molecule has 2 saturated heterocycles. The van der Waals surface area contributed by atoms with Crippen molar-refractivity contribution in [3.63, 3.8) is 0 Å². The number of rotatable bonds is 4. The van der Waals surface area contributed by atoms with Crippen LogP contribution >= 0.6 is 0 Å². The standard InChI is InChI=1S/C18H30N4O/c1-13(2)15-11-16(20-19-15)18(23)21(3)12-14-7-6-10-22-9-5-4-8-17(14)22/h11,13-14,17H,4-10,12H2,1-3H3,(H,19,20)/t14-,17+/m1/s1. The molecule has 128 valence electrons. The van der Waals surface area contributed by atoms with E-state index in [0.29, 0.717) is 23.6 Å². The van der Waals surface area contributed by atoms with Crippen LogP contribution in [0.25, 0.3) is 0 Å². The molecule has 0 unspecified atom stereocenters. The van der Waals surface area contributed by atoms with E-state index in [4.69, 9.17) is 0 Å². The number of nitrogens with zero attached hydrogens (tertiary/aromatic N) is 3. The van der Waals surface area contributed by atoms with E-state index in [1.54, 1.807) is 0 Å². The number of carbonyl (C=O) groups is 1. The van der Waals surface area contributed by atoms with Gasteiger partial charge in [-0.05, 0) is 56.7 Å². The average molecular weight is 318 g/mol. The van der Waals surface area contributed by atoms with E-state index in [2.05, 4.69) is 28.9 Å². The number of hydrogen-bond acceptors (Lipinski definition) is 3. The van der Waals surface area contributed by atoms with Crippen LogP contribution in [0.3, 0.4) is 0 Å². The number of fused-ring (bicyclic) bond motifs is 1. The van der Waals surface area contributed by atoms with Crippen molar-refractivity contribution in [3.8, 4) is 0 Å². The number of hydrogen-bond donors (Lipinski definition) is 1. The Labute approximate surface area is 139 Å². The molecule has 3 rings (SSSR count). The fourth-order valence-electron chi connectivity index (χ4n) is 4.16. The van der Waals surface area contributed by atoms with Gasteiger partial charge in [-0.15, -0.1) is 0 Å². The molecule has 0 aromatic carbocycles. The highest BCUT2D eigenvalue weighted by Gasteiger charge is 2.34. The van der Waals surface area contributed by atoms with Crippen LogP contribution in [0, 0.1) is 5.92 Å². The van der Waals surface area contributed by atoms with Crippen LogP contribution < -0.4 is 0 Å². The highest BCUT2D eigenvalue weighted by atomic mass is 16.2. The summed E-state index contributed by atoms with van der Waals surface area (Å²) in [6, 6.07) is 2.58. The van der Waals surface area contributed by atoms with Crippen LogP contribution in [0.4, 0.5) is 0 Å². The molecule has 5 nitrogen and oxygen atoms in total. The molecule has 2 aliphatic rings. The predicted molar refractivity (Wildman–Crippen MR) is 91.6 cm³/mol. The molecule has 0 spiro atoms. The first-order valence-electron chi connectivity index (χ1n) is 9.11. The van der Waals surface area contributed by atoms with Crippen molar-refractivity contribution < 1.29 is 4.79 Å². The van der Waals surface area contributed by atoms with Gasteiger partial charge in [0.25, 0.3) is 5.91 Å². The highest BCUT2D eigenvalue weighted by molar-refractivity contribution is 5.92. The van der Waals surface area contributed by atoms with E-state index in [1.807, 2.05) is 18.0 Å². The van der Waals surface area contributed by atoms with Crippen LogP contribution in [-0.2, 0) is 0 Å². The molecule has 1 aromatic heterocycles. The van der Waals surface area contributed by atoms with Crippen molar-refractivity contribution in [2.45, 2.75) is 57.9 Å². The normalized spacial score (nSPS) is 25.4. The molecular weight excluding hydrogens is 288 g/mol. The first kappa shape index (κ1) is 16.5. The van der Waals surface area contributed by atoms with E-state index in [0.717, 1.165) is 12.2 Å². The smallest absolute Gasteiger partial charge is 0.274 e. The van der Waals surface area contributed by atoms with Crippen LogP contribution in [0.2, 0.25) is 0 Å². The SMILES string of the molecule is CC(C)c1cc(C(=O)N(C)C[C@H]2CCCN3CCCC[C@@H]23)n[nH]1. The maximum Gasteiger partial charge on any atom is 0.274 e. The largest absolute Gasteiger partial charge is 0.340 e. The van der Waals surface area contributed by atoms with Crippen molar-refractivity contribution in [1.82, 2.24) is 20.0 Å². The number of H-pyrrole nitrogens is 1. The Morgan fingerprint density at radius 3 is 2.87 bits per heavy atom. The van der Waals surface area contributed by atoms with Gasteiger partial charge in [-0.2, -0.15) is 5.10 Å². The maximum absolute atomic E-state index is 12.6. The van der Waals surface area contributed by atoms with Crippen LogP contribution in [0.1, 0.15) is 68.1 Å². The van der Waals surface area contributed by atoms with Gasteiger partial charge in [0.2, 0.25) is 0 Å². The minimum absolute atomic E-state index is 0.0427. The quantitative estimate of drug-likeness (QED) is 0.929. The third kappa shape index (κ3) is 3.60. The van der Waals surface area contributed by atoms with E-state index < -0.39 is 0 Å². The number of aromatic amines is 1. The van der Waals surface area contributed by atoms with E-state index in [9.17, 15) is 4.79 Å². The van der Waals surface area contributed by atoms with E-state index in [1.165, 1.54) is 45.2 Å². The van der Waals surface area contributed by atoms with Gasteiger partial charge in [-0.3, -0.25) is 9.89 Å². The fraction of sp³-hybridized carbons (Fsp3) is 0.778. The zero-order chi connectivity index (χ0) is 16.4. The Hall–Kier alpha value is -1.36. The number of amides is 1. The van der Waals surface area contributed by atoms with E-state index in [-0.39, 0.29) is 5.91 Å². The molecule has 1 amide bonds. The van der Waals surface area contributed by atoms with Gasteiger partial charge < -0.3 is 9.80 Å². The summed E-state index contributed by atoms with van der Waals surface area (Å²) < 4.78 is 0. The molecule has 1 N–H and O–H groups in total. The van der Waals surface area contributed by atoms with Gasteiger partial charge in [-0.25, -0.2) is 0 Å². The topological polar surface area (TPSA) is 52.2 Å². The van der Waals surface area contributed by atoms with Gasteiger partial charge in [-0.1, -0.05) is 20.3 Å². The van der Waals surface area contributed by atoms with E-state index >= 15 is 0 Å². The van der Waals surface area contributed by atoms with Crippen LogP contribution in [-0.4, -0.2) is 58.6 Å². The maximum atomic E-state index is 12.6. The van der Waals surface area contributed by atoms with Gasteiger partial charge in [0, 0.05) is 25.3 Å². The minimum atomic E-state index is 0.0427. The zero-order valence-corrected chi connectivity index (χ0v) is 14.7. The summed E-state index contributed by atoms with van der Waals surface area (Å²) in [4.78, 5) is 17.2. The van der Waals surface area contributed by atoms with Gasteiger partial charge in [0.05, 0.1) is 0 Å². The molecule has 23 heavy (non-hydrogen) atoms. The molecule has 0 aliphatic carbocycles. The fourth-order valence-corrected chi connectivity index (χ4v) is 4.16. The second-order valence-electron chi connectivity index (χ2n) is 7.55. The second kappa shape index (κ2) is 7.04.